The number of halogens is 2. The number of carboxylic acids is 1. The van der Waals surface area contributed by atoms with Crippen molar-refractivity contribution in [1.29, 1.82) is 0 Å². The fraction of sp³-hybridized carbons (Fsp3) is 0.462. The van der Waals surface area contributed by atoms with Crippen LogP contribution >= 0.6 is 31.9 Å². The van der Waals surface area contributed by atoms with Crippen LogP contribution in [0, 0.1) is 0 Å². The molecule has 0 unspecified atom stereocenters. The van der Waals surface area contributed by atoms with Gasteiger partial charge in [0.25, 0.3) is 0 Å². The van der Waals surface area contributed by atoms with Gasteiger partial charge in [0.1, 0.15) is 39.3 Å². The first-order valence-corrected chi connectivity index (χ1v) is 22.1. The van der Waals surface area contributed by atoms with Gasteiger partial charge in [-0.15, -0.1) is 0 Å². The van der Waals surface area contributed by atoms with Crippen molar-refractivity contribution in [1.82, 2.24) is 29.1 Å². The zero-order chi connectivity index (χ0) is 30.4. The first kappa shape index (κ1) is 33.2. The van der Waals surface area contributed by atoms with E-state index in [0.29, 0.717) is 50.4 Å². The number of fused-ring (bicyclic) bond motifs is 2. The minimum atomic E-state index is -1.13. The van der Waals surface area contributed by atoms with Crippen LogP contribution in [0.1, 0.15) is 20.7 Å². The smallest absolute Gasteiger partial charge is 0.339 e. The maximum Gasteiger partial charge on any atom is 0.339 e. The summed E-state index contributed by atoms with van der Waals surface area (Å²) in [4.78, 5) is 39.4. The molecule has 0 spiro atoms. The van der Waals surface area contributed by atoms with Crippen molar-refractivity contribution in [3.63, 3.8) is 0 Å². The Morgan fingerprint density at radius 3 is 1.78 bits per heavy atom. The maximum atomic E-state index is 11.3. The highest BCUT2D eigenvalue weighted by Gasteiger charge is 2.18. The van der Waals surface area contributed by atoms with E-state index in [1.54, 1.807) is 23.2 Å². The summed E-state index contributed by atoms with van der Waals surface area (Å²) >= 11 is 6.47. The lowest BCUT2D eigenvalue weighted by Crippen LogP contribution is -2.22. The van der Waals surface area contributed by atoms with Crippen molar-refractivity contribution in [3.05, 3.63) is 45.1 Å². The molecule has 0 amide bonds. The van der Waals surface area contributed by atoms with Crippen LogP contribution in [0.2, 0.25) is 51.4 Å². The molecule has 0 aliphatic carbocycles. The lowest BCUT2D eigenvalue weighted by molar-refractivity contribution is 0.0695. The predicted octanol–water partition coefficient (Wildman–Crippen LogP) is 6.52. The molecule has 0 radical (unpaired) electrons. The Balaban J connectivity index is 0.000000226. The number of aromatic carboxylic acids is 1. The van der Waals surface area contributed by atoms with Crippen molar-refractivity contribution in [2.45, 2.75) is 64.8 Å². The molecule has 0 aliphatic heterocycles. The highest BCUT2D eigenvalue weighted by molar-refractivity contribution is 9.10. The van der Waals surface area contributed by atoms with Crippen LogP contribution in [0.3, 0.4) is 0 Å². The Morgan fingerprint density at radius 1 is 0.854 bits per heavy atom. The molecule has 41 heavy (non-hydrogen) atoms. The Bertz CT molecular complexity index is 1510. The van der Waals surface area contributed by atoms with Crippen molar-refractivity contribution >= 4 is 82.6 Å². The van der Waals surface area contributed by atoms with Crippen molar-refractivity contribution in [2.24, 2.45) is 0 Å². The molecule has 0 atom stereocenters. The highest BCUT2D eigenvalue weighted by atomic mass is 79.9. The van der Waals surface area contributed by atoms with Crippen molar-refractivity contribution < 1.29 is 24.2 Å². The molecule has 15 heteroatoms. The van der Waals surface area contributed by atoms with Gasteiger partial charge in [0.05, 0.1) is 18.0 Å². The molecule has 11 nitrogen and oxygen atoms in total. The summed E-state index contributed by atoms with van der Waals surface area (Å²) in [5, 5.41) is 9.23. The average molecular weight is 729 g/mol. The normalized spacial score (nSPS) is 12.0. The van der Waals surface area contributed by atoms with E-state index >= 15 is 0 Å². The van der Waals surface area contributed by atoms with Gasteiger partial charge in [0.15, 0.2) is 17.6 Å². The number of aromatic nitrogens is 6. The topological polar surface area (TPSA) is 134 Å². The lowest BCUT2D eigenvalue weighted by Gasteiger charge is -2.15. The quantitative estimate of drug-likeness (QED) is 0.0983. The first-order chi connectivity index (χ1) is 19.2. The van der Waals surface area contributed by atoms with Gasteiger partial charge < -0.3 is 23.7 Å². The Kier molecular flexibility index (Phi) is 11.5. The summed E-state index contributed by atoms with van der Waals surface area (Å²) in [5.41, 5.74) is 2.82. The molecule has 0 saturated heterocycles. The zero-order valence-electron chi connectivity index (χ0n) is 24.1. The third kappa shape index (κ3) is 9.89. The van der Waals surface area contributed by atoms with Crippen molar-refractivity contribution in [2.75, 3.05) is 13.2 Å². The number of rotatable bonds is 12. The fourth-order valence-electron chi connectivity index (χ4n) is 3.61. The second-order valence-corrected chi connectivity index (χ2v) is 24.8. The van der Waals surface area contributed by atoms with E-state index in [1.807, 2.05) is 4.57 Å². The second kappa shape index (κ2) is 14.2. The second-order valence-electron chi connectivity index (χ2n) is 11.9. The van der Waals surface area contributed by atoms with E-state index < -0.39 is 22.1 Å². The van der Waals surface area contributed by atoms with Gasteiger partial charge >= 0.3 is 5.97 Å². The lowest BCUT2D eigenvalue weighted by atomic mass is 10.3. The predicted molar refractivity (Wildman–Crippen MR) is 171 cm³/mol. The molecular formula is C26H36Br2N6O5Si2. The van der Waals surface area contributed by atoms with E-state index in [0.717, 1.165) is 25.0 Å². The summed E-state index contributed by atoms with van der Waals surface area (Å²) in [7, 11) is -2.21. The van der Waals surface area contributed by atoms with Gasteiger partial charge in [-0.3, -0.25) is 4.79 Å². The summed E-state index contributed by atoms with van der Waals surface area (Å²) in [5.74, 6) is -1.02. The molecule has 4 aromatic rings. The summed E-state index contributed by atoms with van der Waals surface area (Å²) in [6.45, 7) is 15.9. The minimum Gasteiger partial charge on any atom is -0.478 e. The number of carboxylic acid groups (broad SMARTS) is 1. The van der Waals surface area contributed by atoms with Gasteiger partial charge in [-0.05, 0) is 43.9 Å². The van der Waals surface area contributed by atoms with Gasteiger partial charge in [-0.1, -0.05) is 39.3 Å². The largest absolute Gasteiger partial charge is 0.478 e. The van der Waals surface area contributed by atoms with Gasteiger partial charge in [-0.25, -0.2) is 24.7 Å². The van der Waals surface area contributed by atoms with E-state index in [2.05, 4.69) is 91.1 Å². The molecule has 0 aromatic carbocycles. The van der Waals surface area contributed by atoms with Crippen LogP contribution in [0.15, 0.2) is 34.0 Å². The van der Waals surface area contributed by atoms with Crippen LogP contribution in [0.5, 0.6) is 0 Å². The number of carbonyl (C=O) groups excluding carboxylic acids is 1. The Labute approximate surface area is 258 Å². The van der Waals surface area contributed by atoms with Crippen LogP contribution in [0.25, 0.3) is 22.3 Å². The third-order valence-electron chi connectivity index (χ3n) is 5.91. The monoisotopic (exact) mass is 726 g/mol. The van der Waals surface area contributed by atoms with E-state index in [1.165, 1.54) is 6.20 Å². The van der Waals surface area contributed by atoms with E-state index in [9.17, 15) is 14.7 Å². The number of carbonyl (C=O) groups is 2. The van der Waals surface area contributed by atoms with Gasteiger partial charge in [0.2, 0.25) is 0 Å². The van der Waals surface area contributed by atoms with Crippen LogP contribution in [-0.4, -0.2) is 75.8 Å². The average Bonchev–Trinajstić information content (AvgIpc) is 3.41. The molecule has 0 aliphatic rings. The molecular weight excluding hydrogens is 692 g/mol. The number of ether oxygens (including phenoxy) is 2. The van der Waals surface area contributed by atoms with Gasteiger partial charge in [-0.2, -0.15) is 0 Å². The highest BCUT2D eigenvalue weighted by Crippen LogP contribution is 2.21. The molecule has 1 N–H and O–H groups in total. The van der Waals surface area contributed by atoms with Crippen LogP contribution in [0.4, 0.5) is 0 Å². The number of hydrogen-bond donors (Lipinski definition) is 1. The summed E-state index contributed by atoms with van der Waals surface area (Å²) in [6, 6.07) is 2.18. The van der Waals surface area contributed by atoms with Gasteiger partial charge in [0, 0.05) is 41.8 Å². The van der Waals surface area contributed by atoms with Crippen LogP contribution in [-0.2, 0) is 22.9 Å². The van der Waals surface area contributed by atoms with Crippen molar-refractivity contribution in [3.8, 4) is 0 Å². The molecule has 4 rings (SSSR count). The standard InChI is InChI=1S/C13H18BrN3O3Si.C13H18BrN3O2Si/c1-21(2,3)5-4-20-8-17-7-9(13(18)19)11-12(17)15-6-10(14)16-11;1-20(2,3)5-4-19-9-17-7-10(8-18)12-13(17)15-6-11(14)16-12/h6-7H,4-5,8H2,1-3H3,(H,18,19);6-8H,4-5,9H2,1-3H3. The third-order valence-corrected chi connectivity index (χ3v) is 10.1. The molecule has 0 fully saturated rings. The SMILES string of the molecule is C[Si](C)(C)CCOCn1cc(C(=O)O)c2nc(Br)cnc21.C[Si](C)(C)CCOCn1cc(C=O)c2nc(Br)cnc21. The summed E-state index contributed by atoms with van der Waals surface area (Å²) < 4.78 is 16.0. The molecule has 4 heterocycles. The molecule has 0 saturated carbocycles. The van der Waals surface area contributed by atoms with Crippen LogP contribution < -0.4 is 0 Å². The Hall–Kier alpha value is -2.31. The number of nitrogens with zero attached hydrogens (tertiary/aromatic N) is 6. The summed E-state index contributed by atoms with van der Waals surface area (Å²) in [6.07, 6.45) is 7.22. The van der Waals surface area contributed by atoms with E-state index in [4.69, 9.17) is 9.47 Å². The first-order valence-electron chi connectivity index (χ1n) is 13.1. The molecule has 4 aromatic heterocycles. The fourth-order valence-corrected chi connectivity index (χ4v) is 5.68. The molecule has 0 bridgehead atoms. The minimum absolute atomic E-state index is 0.132. The number of aldehydes is 1. The zero-order valence-corrected chi connectivity index (χ0v) is 29.3. The van der Waals surface area contributed by atoms with E-state index in [-0.39, 0.29) is 12.3 Å². The Morgan fingerprint density at radius 2 is 1.32 bits per heavy atom. The maximum absolute atomic E-state index is 11.3. The number of hydrogen-bond acceptors (Lipinski definition) is 8. The molecule has 222 valence electrons.